The number of carbonyl (C=O) groups is 2. The second-order valence-corrected chi connectivity index (χ2v) is 6.81. The lowest BCUT2D eigenvalue weighted by Gasteiger charge is -2.13. The predicted octanol–water partition coefficient (Wildman–Crippen LogP) is 4.05. The molecule has 0 aliphatic heterocycles. The second kappa shape index (κ2) is 11.9. The Morgan fingerprint density at radius 3 is 2.60 bits per heavy atom. The molecular weight excluding hydrogens is 406 g/mol. The van der Waals surface area contributed by atoms with Gasteiger partial charge in [0.2, 0.25) is 0 Å². The van der Waals surface area contributed by atoms with Crippen molar-refractivity contribution < 1.29 is 23.8 Å². The van der Waals surface area contributed by atoms with Crippen LogP contribution in [0.25, 0.3) is 6.08 Å². The third-order valence-corrected chi connectivity index (χ3v) is 4.45. The topological polar surface area (TPSA) is 73.9 Å². The molecule has 0 bridgehead atoms. The van der Waals surface area contributed by atoms with Gasteiger partial charge in [0.15, 0.2) is 17.6 Å². The lowest BCUT2D eigenvalue weighted by atomic mass is 10.1. The molecule has 0 aliphatic rings. The number of carbonyl (C=O) groups excluding carboxylic acids is 2. The molecule has 2 aromatic carbocycles. The highest BCUT2D eigenvalue weighted by Gasteiger charge is 2.16. The molecule has 7 heteroatoms. The molecule has 1 unspecified atom stereocenters. The van der Waals surface area contributed by atoms with Crippen molar-refractivity contribution >= 4 is 29.6 Å². The normalized spacial score (nSPS) is 11.7. The maximum Gasteiger partial charge on any atom is 0.331 e. The molecule has 2 rings (SSSR count). The summed E-state index contributed by atoms with van der Waals surface area (Å²) in [5.74, 6) is -0.0740. The van der Waals surface area contributed by atoms with Crippen LogP contribution < -0.4 is 14.8 Å². The van der Waals surface area contributed by atoms with Gasteiger partial charge in [-0.05, 0) is 49.6 Å². The van der Waals surface area contributed by atoms with Gasteiger partial charge in [-0.3, -0.25) is 4.79 Å². The summed E-state index contributed by atoms with van der Waals surface area (Å²) in [6.45, 7) is 4.28. The van der Waals surface area contributed by atoms with Crippen molar-refractivity contribution in [2.45, 2.75) is 26.4 Å². The van der Waals surface area contributed by atoms with Gasteiger partial charge in [0, 0.05) is 12.6 Å². The fraction of sp³-hybridized carbons (Fsp3) is 0.304. The monoisotopic (exact) mass is 431 g/mol. The number of halogens is 1. The fourth-order valence-corrected chi connectivity index (χ4v) is 2.99. The van der Waals surface area contributed by atoms with E-state index in [1.54, 1.807) is 12.1 Å². The predicted molar refractivity (Wildman–Crippen MR) is 117 cm³/mol. The number of rotatable bonds is 10. The van der Waals surface area contributed by atoms with Crippen LogP contribution in [0.5, 0.6) is 11.5 Å². The zero-order valence-electron chi connectivity index (χ0n) is 17.3. The molecule has 0 radical (unpaired) electrons. The van der Waals surface area contributed by atoms with Crippen LogP contribution in [0.4, 0.5) is 0 Å². The number of hydrogen-bond donors (Lipinski definition) is 1. The number of ether oxygens (including phenoxy) is 3. The summed E-state index contributed by atoms with van der Waals surface area (Å²) >= 11 is 6.20. The first-order valence-electron chi connectivity index (χ1n) is 9.65. The molecule has 1 amide bonds. The summed E-state index contributed by atoms with van der Waals surface area (Å²) in [4.78, 5) is 24.2. The number of esters is 1. The molecule has 0 heterocycles. The largest absolute Gasteiger partial charge is 0.491 e. The molecule has 2 aromatic rings. The molecule has 6 nitrogen and oxygen atoms in total. The van der Waals surface area contributed by atoms with Crippen LogP contribution in [0.2, 0.25) is 5.02 Å². The number of benzene rings is 2. The highest BCUT2D eigenvalue weighted by Crippen LogP contribution is 2.36. The number of amides is 1. The molecule has 30 heavy (non-hydrogen) atoms. The Morgan fingerprint density at radius 1 is 1.20 bits per heavy atom. The smallest absolute Gasteiger partial charge is 0.331 e. The number of hydrogen-bond acceptors (Lipinski definition) is 5. The Labute approximate surface area is 181 Å². The molecule has 1 N–H and O–H groups in total. The molecular formula is C23H26ClNO5. The summed E-state index contributed by atoms with van der Waals surface area (Å²) in [6, 6.07) is 13.2. The third kappa shape index (κ3) is 7.12. The number of methoxy groups -OCH3 is 1. The standard InChI is InChI=1S/C23H26ClNO5/c1-4-29-20-15-18(14-19(24)22(20)28-3)10-11-21(26)30-16(2)23(27)25-13-12-17-8-6-5-7-9-17/h5-11,14-16H,4,12-13H2,1-3H3,(H,25,27)/b11-10+. The van der Waals surface area contributed by atoms with E-state index < -0.39 is 12.1 Å². The Bertz CT molecular complexity index is 883. The van der Waals surface area contributed by atoms with E-state index in [0.717, 1.165) is 5.56 Å². The SMILES string of the molecule is CCOc1cc(/C=C/C(=O)OC(C)C(=O)NCCc2ccccc2)cc(Cl)c1OC. The summed E-state index contributed by atoms with van der Waals surface area (Å²) in [6.07, 6.45) is 2.57. The van der Waals surface area contributed by atoms with Gasteiger partial charge in [-0.1, -0.05) is 41.9 Å². The molecule has 0 fully saturated rings. The van der Waals surface area contributed by atoms with Crippen LogP contribution in [0, 0.1) is 0 Å². The van der Waals surface area contributed by atoms with Crippen molar-refractivity contribution in [1.29, 1.82) is 0 Å². The van der Waals surface area contributed by atoms with Crippen LogP contribution in [-0.4, -0.2) is 38.2 Å². The molecule has 160 valence electrons. The lowest BCUT2D eigenvalue weighted by molar-refractivity contribution is -0.150. The van der Waals surface area contributed by atoms with E-state index in [2.05, 4.69) is 5.32 Å². The van der Waals surface area contributed by atoms with Gasteiger partial charge in [-0.25, -0.2) is 4.79 Å². The average Bonchev–Trinajstić information content (AvgIpc) is 2.73. The van der Waals surface area contributed by atoms with Gasteiger partial charge in [0.05, 0.1) is 18.7 Å². The zero-order valence-corrected chi connectivity index (χ0v) is 18.1. The Hall–Kier alpha value is -2.99. The van der Waals surface area contributed by atoms with E-state index in [9.17, 15) is 9.59 Å². The van der Waals surface area contributed by atoms with E-state index in [-0.39, 0.29) is 5.91 Å². The van der Waals surface area contributed by atoms with Crippen LogP contribution in [0.15, 0.2) is 48.5 Å². The van der Waals surface area contributed by atoms with E-state index in [4.69, 9.17) is 25.8 Å². The summed E-state index contributed by atoms with van der Waals surface area (Å²) in [5.41, 5.74) is 1.76. The quantitative estimate of drug-likeness (QED) is 0.453. The van der Waals surface area contributed by atoms with Crippen LogP contribution >= 0.6 is 11.6 Å². The van der Waals surface area contributed by atoms with Crippen molar-refractivity contribution in [2.24, 2.45) is 0 Å². The zero-order chi connectivity index (χ0) is 21.9. The first-order chi connectivity index (χ1) is 14.4. The maximum atomic E-state index is 12.1. The first-order valence-corrected chi connectivity index (χ1v) is 10.0. The maximum absolute atomic E-state index is 12.1. The van der Waals surface area contributed by atoms with Gasteiger partial charge in [0.1, 0.15) is 0 Å². The van der Waals surface area contributed by atoms with E-state index in [0.29, 0.717) is 41.7 Å². The Morgan fingerprint density at radius 2 is 1.93 bits per heavy atom. The van der Waals surface area contributed by atoms with E-state index >= 15 is 0 Å². The number of nitrogens with one attached hydrogen (secondary N) is 1. The van der Waals surface area contributed by atoms with Crippen molar-refractivity contribution in [3.8, 4) is 11.5 Å². The summed E-state index contributed by atoms with van der Waals surface area (Å²) in [7, 11) is 1.50. The minimum atomic E-state index is -0.906. The van der Waals surface area contributed by atoms with Crippen LogP contribution in [-0.2, 0) is 20.7 Å². The minimum Gasteiger partial charge on any atom is -0.491 e. The first kappa shape index (κ1) is 23.3. The third-order valence-electron chi connectivity index (χ3n) is 4.17. The van der Waals surface area contributed by atoms with Crippen LogP contribution in [0.1, 0.15) is 25.0 Å². The molecule has 0 aliphatic carbocycles. The van der Waals surface area contributed by atoms with E-state index in [1.165, 1.54) is 26.2 Å². The van der Waals surface area contributed by atoms with Gasteiger partial charge in [0.25, 0.3) is 5.91 Å². The highest BCUT2D eigenvalue weighted by atomic mass is 35.5. The summed E-state index contributed by atoms with van der Waals surface area (Å²) < 4.78 is 15.9. The highest BCUT2D eigenvalue weighted by molar-refractivity contribution is 6.32. The minimum absolute atomic E-state index is 0.348. The lowest BCUT2D eigenvalue weighted by Crippen LogP contribution is -2.36. The molecule has 0 saturated carbocycles. The average molecular weight is 432 g/mol. The van der Waals surface area contributed by atoms with Crippen molar-refractivity contribution in [3.05, 3.63) is 64.7 Å². The molecule has 0 aromatic heterocycles. The Kier molecular flexibility index (Phi) is 9.22. The summed E-state index contributed by atoms with van der Waals surface area (Å²) in [5, 5.41) is 3.13. The molecule has 0 saturated heterocycles. The van der Waals surface area contributed by atoms with Crippen molar-refractivity contribution in [2.75, 3.05) is 20.3 Å². The van der Waals surface area contributed by atoms with Gasteiger partial charge in [-0.2, -0.15) is 0 Å². The molecule has 1 atom stereocenters. The fourth-order valence-electron chi connectivity index (χ4n) is 2.69. The Balaban J connectivity index is 1.88. The molecule has 0 spiro atoms. The van der Waals surface area contributed by atoms with Crippen LogP contribution in [0.3, 0.4) is 0 Å². The van der Waals surface area contributed by atoms with Crippen molar-refractivity contribution in [1.82, 2.24) is 5.32 Å². The van der Waals surface area contributed by atoms with Gasteiger partial charge >= 0.3 is 5.97 Å². The second-order valence-electron chi connectivity index (χ2n) is 6.41. The van der Waals surface area contributed by atoms with Gasteiger partial charge in [-0.15, -0.1) is 0 Å². The van der Waals surface area contributed by atoms with Crippen molar-refractivity contribution in [3.63, 3.8) is 0 Å². The van der Waals surface area contributed by atoms with Gasteiger partial charge < -0.3 is 19.5 Å². The van der Waals surface area contributed by atoms with E-state index in [1.807, 2.05) is 37.3 Å².